The van der Waals surface area contributed by atoms with Gasteiger partial charge in [-0.1, -0.05) is 24.3 Å². The average Bonchev–Trinajstić information content (AvgIpc) is 2.44. The highest BCUT2D eigenvalue weighted by molar-refractivity contribution is 5.66. The molecule has 2 aromatic carbocycles. The van der Waals surface area contributed by atoms with E-state index in [-0.39, 0.29) is 11.1 Å². The van der Waals surface area contributed by atoms with Gasteiger partial charge in [0, 0.05) is 5.56 Å². The SMILES string of the molecule is OCc1ccc(-c2ccc(OC(F)(F)F)cc2)cc1OC(F)(F)F. The van der Waals surface area contributed by atoms with Gasteiger partial charge in [-0.2, -0.15) is 0 Å². The number of hydrogen-bond acceptors (Lipinski definition) is 3. The number of hydrogen-bond donors (Lipinski definition) is 1. The molecule has 0 aromatic heterocycles. The maximum absolute atomic E-state index is 12.4. The summed E-state index contributed by atoms with van der Waals surface area (Å²) in [6, 6.07) is 8.27. The zero-order valence-corrected chi connectivity index (χ0v) is 11.8. The number of aliphatic hydroxyl groups excluding tert-OH is 1. The summed E-state index contributed by atoms with van der Waals surface area (Å²) in [4.78, 5) is 0. The van der Waals surface area contributed by atoms with Crippen LogP contribution in [0, 0.1) is 0 Å². The number of rotatable bonds is 4. The van der Waals surface area contributed by atoms with E-state index in [1.54, 1.807) is 0 Å². The molecule has 0 radical (unpaired) electrons. The second-order valence-corrected chi connectivity index (χ2v) is 4.60. The van der Waals surface area contributed by atoms with Crippen molar-refractivity contribution in [2.75, 3.05) is 0 Å². The van der Waals surface area contributed by atoms with Crippen molar-refractivity contribution in [3.8, 4) is 22.6 Å². The third-order valence-electron chi connectivity index (χ3n) is 2.88. The smallest absolute Gasteiger partial charge is 0.406 e. The summed E-state index contributed by atoms with van der Waals surface area (Å²) in [5.74, 6) is -1.04. The molecule has 0 unspecified atom stereocenters. The molecule has 2 rings (SSSR count). The van der Waals surface area contributed by atoms with E-state index in [0.717, 1.165) is 18.2 Å². The molecule has 0 aliphatic rings. The van der Waals surface area contributed by atoms with E-state index in [1.807, 2.05) is 0 Å². The first-order chi connectivity index (χ1) is 11.1. The Morgan fingerprint density at radius 2 is 1.29 bits per heavy atom. The second-order valence-electron chi connectivity index (χ2n) is 4.60. The van der Waals surface area contributed by atoms with Gasteiger partial charge in [0.15, 0.2) is 0 Å². The lowest BCUT2D eigenvalue weighted by Crippen LogP contribution is -2.18. The van der Waals surface area contributed by atoms with Crippen LogP contribution in [0.25, 0.3) is 11.1 Å². The standard InChI is InChI=1S/C15H10F6O3/c16-14(17,18)23-12-5-3-9(4-6-12)10-1-2-11(8-22)13(7-10)24-15(19,20)21/h1-7,22H,8H2. The Hall–Kier alpha value is -2.42. The number of halogens is 6. The minimum atomic E-state index is -4.94. The minimum absolute atomic E-state index is 0.0758. The highest BCUT2D eigenvalue weighted by atomic mass is 19.4. The summed E-state index contributed by atoms with van der Waals surface area (Å²) < 4.78 is 80.9. The molecule has 0 saturated carbocycles. The molecule has 0 amide bonds. The van der Waals surface area contributed by atoms with Gasteiger partial charge in [0.25, 0.3) is 0 Å². The fourth-order valence-corrected chi connectivity index (χ4v) is 1.93. The Morgan fingerprint density at radius 1 is 0.750 bits per heavy atom. The van der Waals surface area contributed by atoms with Crippen molar-refractivity contribution in [1.82, 2.24) is 0 Å². The molecular formula is C15H10F6O3. The van der Waals surface area contributed by atoms with Crippen molar-refractivity contribution >= 4 is 0 Å². The van der Waals surface area contributed by atoms with Crippen molar-refractivity contribution in [1.29, 1.82) is 0 Å². The topological polar surface area (TPSA) is 38.7 Å². The summed E-state index contributed by atoms with van der Waals surface area (Å²) >= 11 is 0. The number of ether oxygens (including phenoxy) is 2. The summed E-state index contributed by atoms with van der Waals surface area (Å²) in [7, 11) is 0. The van der Waals surface area contributed by atoms with E-state index in [9.17, 15) is 26.3 Å². The lowest BCUT2D eigenvalue weighted by atomic mass is 10.0. The third kappa shape index (κ3) is 5.05. The molecule has 0 atom stereocenters. The van der Waals surface area contributed by atoms with Crippen LogP contribution < -0.4 is 9.47 Å². The first-order valence-electron chi connectivity index (χ1n) is 6.43. The molecule has 3 nitrogen and oxygen atoms in total. The van der Waals surface area contributed by atoms with E-state index in [4.69, 9.17) is 5.11 Å². The van der Waals surface area contributed by atoms with E-state index < -0.39 is 30.8 Å². The van der Waals surface area contributed by atoms with Crippen LogP contribution in [0.4, 0.5) is 26.3 Å². The lowest BCUT2D eigenvalue weighted by molar-refractivity contribution is -0.275. The number of aliphatic hydroxyl groups is 1. The van der Waals surface area contributed by atoms with Gasteiger partial charge in [-0.25, -0.2) is 0 Å². The van der Waals surface area contributed by atoms with E-state index >= 15 is 0 Å². The normalized spacial score (nSPS) is 12.1. The Balaban J connectivity index is 2.30. The highest BCUT2D eigenvalue weighted by Crippen LogP contribution is 2.32. The van der Waals surface area contributed by atoms with Gasteiger partial charge in [0.2, 0.25) is 0 Å². The van der Waals surface area contributed by atoms with E-state index in [0.29, 0.717) is 5.56 Å². The van der Waals surface area contributed by atoms with Crippen LogP contribution in [0.5, 0.6) is 11.5 Å². The van der Waals surface area contributed by atoms with Gasteiger partial charge in [-0.05, 0) is 29.3 Å². The van der Waals surface area contributed by atoms with Gasteiger partial charge in [0.05, 0.1) is 6.61 Å². The maximum Gasteiger partial charge on any atom is 0.573 e. The Kier molecular flexibility index (Phi) is 4.93. The Labute approximate surface area is 132 Å². The summed E-state index contributed by atoms with van der Waals surface area (Å²) in [6.45, 7) is -0.663. The van der Waals surface area contributed by atoms with Crippen LogP contribution in [-0.4, -0.2) is 17.8 Å². The van der Waals surface area contributed by atoms with Gasteiger partial charge >= 0.3 is 12.7 Å². The van der Waals surface area contributed by atoms with Gasteiger partial charge in [-0.3, -0.25) is 0 Å². The average molecular weight is 352 g/mol. The van der Waals surface area contributed by atoms with Crippen molar-refractivity contribution in [2.24, 2.45) is 0 Å². The molecule has 0 saturated heterocycles. The Morgan fingerprint density at radius 3 is 1.79 bits per heavy atom. The third-order valence-corrected chi connectivity index (χ3v) is 2.88. The molecule has 0 aliphatic heterocycles. The predicted molar refractivity (Wildman–Crippen MR) is 71.2 cm³/mol. The largest absolute Gasteiger partial charge is 0.573 e. The first-order valence-corrected chi connectivity index (χ1v) is 6.43. The minimum Gasteiger partial charge on any atom is -0.406 e. The van der Waals surface area contributed by atoms with Crippen molar-refractivity contribution in [3.05, 3.63) is 48.0 Å². The quantitative estimate of drug-likeness (QED) is 0.815. The predicted octanol–water partition coefficient (Wildman–Crippen LogP) is 4.64. The summed E-state index contributed by atoms with van der Waals surface area (Å²) in [5.41, 5.74) is 0.541. The number of benzene rings is 2. The molecule has 0 spiro atoms. The van der Waals surface area contributed by atoms with Crippen LogP contribution >= 0.6 is 0 Å². The zero-order valence-electron chi connectivity index (χ0n) is 11.8. The van der Waals surface area contributed by atoms with Crippen molar-refractivity contribution < 1.29 is 40.9 Å². The Bertz CT molecular complexity index is 692. The summed E-state index contributed by atoms with van der Waals surface area (Å²) in [5, 5.41) is 9.05. The zero-order chi connectivity index (χ0) is 18.0. The van der Waals surface area contributed by atoms with Crippen LogP contribution in [0.3, 0.4) is 0 Å². The molecule has 0 fully saturated rings. The van der Waals surface area contributed by atoms with Crippen molar-refractivity contribution in [2.45, 2.75) is 19.3 Å². The number of alkyl halides is 6. The second kappa shape index (κ2) is 6.60. The van der Waals surface area contributed by atoms with Crippen LogP contribution in [0.1, 0.15) is 5.56 Å². The maximum atomic E-state index is 12.4. The van der Waals surface area contributed by atoms with Gasteiger partial charge in [-0.15, -0.1) is 26.3 Å². The molecule has 2 aromatic rings. The molecule has 0 aliphatic carbocycles. The van der Waals surface area contributed by atoms with E-state index in [1.165, 1.54) is 24.3 Å². The molecule has 1 N–H and O–H groups in total. The molecular weight excluding hydrogens is 342 g/mol. The van der Waals surface area contributed by atoms with Crippen molar-refractivity contribution in [3.63, 3.8) is 0 Å². The van der Waals surface area contributed by atoms with Crippen LogP contribution in [-0.2, 0) is 6.61 Å². The molecule has 0 heterocycles. The van der Waals surface area contributed by atoms with Crippen LogP contribution in [0.2, 0.25) is 0 Å². The molecule has 0 bridgehead atoms. The monoisotopic (exact) mass is 352 g/mol. The van der Waals surface area contributed by atoms with Gasteiger partial charge in [0.1, 0.15) is 11.5 Å². The molecule has 24 heavy (non-hydrogen) atoms. The first kappa shape index (κ1) is 17.9. The van der Waals surface area contributed by atoms with E-state index in [2.05, 4.69) is 9.47 Å². The summed E-state index contributed by atoms with van der Waals surface area (Å²) in [6.07, 6.45) is -9.77. The van der Waals surface area contributed by atoms with Crippen LogP contribution in [0.15, 0.2) is 42.5 Å². The fourth-order valence-electron chi connectivity index (χ4n) is 1.93. The fraction of sp³-hybridized carbons (Fsp3) is 0.200. The highest BCUT2D eigenvalue weighted by Gasteiger charge is 2.32. The molecule has 9 heteroatoms. The molecule has 130 valence electrons. The lowest BCUT2D eigenvalue weighted by Gasteiger charge is -2.14. The van der Waals surface area contributed by atoms with Gasteiger partial charge < -0.3 is 14.6 Å².